The lowest BCUT2D eigenvalue weighted by atomic mass is 10.0. The molecular weight excluding hydrogens is 126 g/mol. The Morgan fingerprint density at radius 3 is 3.20 bits per heavy atom. The summed E-state index contributed by atoms with van der Waals surface area (Å²) >= 11 is 0. The van der Waals surface area contributed by atoms with Crippen LogP contribution in [-0.4, -0.2) is 10.9 Å². The van der Waals surface area contributed by atoms with Gasteiger partial charge >= 0.3 is 0 Å². The molecule has 0 spiro atoms. The predicted molar refractivity (Wildman–Crippen MR) is 41.4 cm³/mol. The zero-order valence-corrected chi connectivity index (χ0v) is 6.08. The number of rotatable bonds is 2. The molecule has 0 aliphatic heterocycles. The highest BCUT2D eigenvalue weighted by molar-refractivity contribution is 5.88. The van der Waals surface area contributed by atoms with Gasteiger partial charge in [0.15, 0.2) is 0 Å². The Kier molecular flexibility index (Phi) is 2.49. The summed E-state index contributed by atoms with van der Waals surface area (Å²) in [5.74, 6) is 0.475. The molecule has 1 atom stereocenters. The molecule has 0 amide bonds. The first kappa shape index (κ1) is 7.32. The molecule has 1 fully saturated rings. The minimum atomic E-state index is 0.475. The van der Waals surface area contributed by atoms with E-state index in [1.165, 1.54) is 0 Å². The first-order valence-electron chi connectivity index (χ1n) is 3.70. The normalized spacial score (nSPS) is 29.2. The molecule has 0 saturated heterocycles. The van der Waals surface area contributed by atoms with Gasteiger partial charge in [-0.2, -0.15) is 0 Å². The van der Waals surface area contributed by atoms with Crippen LogP contribution in [0.25, 0.3) is 0 Å². The number of nitrogens with zero attached hydrogens (tertiary/aromatic N) is 1. The van der Waals surface area contributed by atoms with Crippen LogP contribution >= 0.6 is 0 Å². The molecule has 0 aromatic rings. The molecule has 2 heteroatoms. The van der Waals surface area contributed by atoms with Crippen LogP contribution in [0, 0.1) is 5.92 Å². The van der Waals surface area contributed by atoms with E-state index >= 15 is 0 Å². The second-order valence-corrected chi connectivity index (χ2v) is 2.70. The monoisotopic (exact) mass is 139 g/mol. The van der Waals surface area contributed by atoms with E-state index in [9.17, 15) is 0 Å². The fraction of sp³-hybridized carbons (Fsp3) is 0.625. The van der Waals surface area contributed by atoms with Gasteiger partial charge in [-0.25, -0.2) is 0 Å². The van der Waals surface area contributed by atoms with Gasteiger partial charge in [-0.05, 0) is 25.7 Å². The van der Waals surface area contributed by atoms with Gasteiger partial charge in [0.25, 0.3) is 0 Å². The largest absolute Gasteiger partial charge is 0.411 e. The van der Waals surface area contributed by atoms with Crippen molar-refractivity contribution in [3.05, 3.63) is 12.7 Å². The summed E-state index contributed by atoms with van der Waals surface area (Å²) in [5.41, 5.74) is 0.958. The number of allylic oxidation sites excluding steroid dienone is 1. The third-order valence-electron chi connectivity index (χ3n) is 2.04. The molecule has 0 bridgehead atoms. The molecular formula is C8H13NO. The van der Waals surface area contributed by atoms with Crippen LogP contribution in [0.4, 0.5) is 0 Å². The fourth-order valence-electron chi connectivity index (χ4n) is 1.49. The highest BCUT2D eigenvalue weighted by atomic mass is 16.4. The maximum Gasteiger partial charge on any atom is 0.0604 e. The number of hydrogen-bond donors (Lipinski definition) is 1. The average molecular weight is 139 g/mol. The lowest BCUT2D eigenvalue weighted by Crippen LogP contribution is -2.04. The van der Waals surface area contributed by atoms with E-state index in [0.717, 1.165) is 31.4 Å². The van der Waals surface area contributed by atoms with Gasteiger partial charge in [-0.3, -0.25) is 0 Å². The third-order valence-corrected chi connectivity index (χ3v) is 2.04. The summed E-state index contributed by atoms with van der Waals surface area (Å²) in [7, 11) is 0. The quantitative estimate of drug-likeness (QED) is 0.355. The molecule has 0 radical (unpaired) electrons. The van der Waals surface area contributed by atoms with Gasteiger partial charge in [0.1, 0.15) is 0 Å². The molecule has 1 saturated carbocycles. The molecule has 0 unspecified atom stereocenters. The SMILES string of the molecule is C=CC[C@@H]1CCC/C1=N/O. The summed E-state index contributed by atoms with van der Waals surface area (Å²) in [6.45, 7) is 3.66. The molecule has 1 aliphatic carbocycles. The minimum absolute atomic E-state index is 0.475. The van der Waals surface area contributed by atoms with Crippen molar-refractivity contribution in [3.63, 3.8) is 0 Å². The zero-order valence-electron chi connectivity index (χ0n) is 6.08. The van der Waals surface area contributed by atoms with Crippen LogP contribution in [0.2, 0.25) is 0 Å². The average Bonchev–Trinajstić information content (AvgIpc) is 2.36. The molecule has 1 N–H and O–H groups in total. The van der Waals surface area contributed by atoms with Crippen molar-refractivity contribution in [1.82, 2.24) is 0 Å². The van der Waals surface area contributed by atoms with Crippen molar-refractivity contribution in [3.8, 4) is 0 Å². The number of hydrogen-bond acceptors (Lipinski definition) is 2. The summed E-state index contributed by atoms with van der Waals surface area (Å²) < 4.78 is 0. The van der Waals surface area contributed by atoms with E-state index < -0.39 is 0 Å². The molecule has 2 nitrogen and oxygen atoms in total. The summed E-state index contributed by atoms with van der Waals surface area (Å²) in [6.07, 6.45) is 6.14. The summed E-state index contributed by atoms with van der Waals surface area (Å²) in [6, 6.07) is 0. The molecule has 56 valence electrons. The fourth-order valence-corrected chi connectivity index (χ4v) is 1.49. The Balaban J connectivity index is 2.50. The van der Waals surface area contributed by atoms with E-state index in [-0.39, 0.29) is 0 Å². The van der Waals surface area contributed by atoms with Crippen LogP contribution in [0.5, 0.6) is 0 Å². The van der Waals surface area contributed by atoms with Crippen molar-refractivity contribution in [2.45, 2.75) is 25.7 Å². The van der Waals surface area contributed by atoms with Gasteiger partial charge in [0.05, 0.1) is 5.71 Å². The van der Waals surface area contributed by atoms with Crippen molar-refractivity contribution in [1.29, 1.82) is 0 Å². The second-order valence-electron chi connectivity index (χ2n) is 2.70. The van der Waals surface area contributed by atoms with Crippen molar-refractivity contribution < 1.29 is 5.21 Å². The first-order valence-corrected chi connectivity index (χ1v) is 3.70. The van der Waals surface area contributed by atoms with E-state index in [4.69, 9.17) is 5.21 Å². The maximum atomic E-state index is 8.52. The molecule has 1 rings (SSSR count). The lowest BCUT2D eigenvalue weighted by Gasteiger charge is -2.03. The van der Waals surface area contributed by atoms with E-state index in [2.05, 4.69) is 11.7 Å². The third kappa shape index (κ3) is 1.38. The first-order chi connectivity index (χ1) is 4.88. The molecule has 1 aliphatic rings. The lowest BCUT2D eigenvalue weighted by molar-refractivity contribution is 0.315. The second kappa shape index (κ2) is 3.40. The standard InChI is InChI=1S/C8H13NO/c1-2-4-7-5-3-6-8(7)9-10/h2,7,10H,1,3-6H2/b9-8-/t7-/m1/s1. The summed E-state index contributed by atoms with van der Waals surface area (Å²) in [5, 5.41) is 11.8. The van der Waals surface area contributed by atoms with Gasteiger partial charge < -0.3 is 5.21 Å². The van der Waals surface area contributed by atoms with Crippen LogP contribution in [0.1, 0.15) is 25.7 Å². The Morgan fingerprint density at radius 1 is 1.80 bits per heavy atom. The topological polar surface area (TPSA) is 32.6 Å². The van der Waals surface area contributed by atoms with Gasteiger partial charge in [0, 0.05) is 5.92 Å². The van der Waals surface area contributed by atoms with Crippen molar-refractivity contribution in [2.75, 3.05) is 0 Å². The van der Waals surface area contributed by atoms with E-state index in [1.54, 1.807) is 0 Å². The Labute approximate surface area is 61.2 Å². The van der Waals surface area contributed by atoms with E-state index in [1.807, 2.05) is 6.08 Å². The van der Waals surface area contributed by atoms with Gasteiger partial charge in [-0.1, -0.05) is 11.2 Å². The van der Waals surface area contributed by atoms with Gasteiger partial charge in [0.2, 0.25) is 0 Å². The van der Waals surface area contributed by atoms with Crippen LogP contribution in [-0.2, 0) is 0 Å². The molecule has 0 heterocycles. The molecule has 10 heavy (non-hydrogen) atoms. The highest BCUT2D eigenvalue weighted by Crippen LogP contribution is 2.25. The number of oxime groups is 1. The predicted octanol–water partition coefficient (Wildman–Crippen LogP) is 2.19. The minimum Gasteiger partial charge on any atom is -0.411 e. The van der Waals surface area contributed by atoms with Gasteiger partial charge in [-0.15, -0.1) is 6.58 Å². The maximum absolute atomic E-state index is 8.52. The van der Waals surface area contributed by atoms with Crippen LogP contribution in [0.15, 0.2) is 17.8 Å². The molecule has 0 aromatic carbocycles. The van der Waals surface area contributed by atoms with E-state index in [0.29, 0.717) is 5.92 Å². The Bertz CT molecular complexity index is 151. The highest BCUT2D eigenvalue weighted by Gasteiger charge is 2.21. The Morgan fingerprint density at radius 2 is 2.60 bits per heavy atom. The zero-order chi connectivity index (χ0) is 7.40. The van der Waals surface area contributed by atoms with Crippen molar-refractivity contribution in [2.24, 2.45) is 11.1 Å². The Hall–Kier alpha value is -0.790. The van der Waals surface area contributed by atoms with Crippen LogP contribution < -0.4 is 0 Å². The van der Waals surface area contributed by atoms with Crippen LogP contribution in [0.3, 0.4) is 0 Å². The van der Waals surface area contributed by atoms with Crippen molar-refractivity contribution >= 4 is 5.71 Å². The summed E-state index contributed by atoms with van der Waals surface area (Å²) in [4.78, 5) is 0. The molecule has 0 aromatic heterocycles. The smallest absolute Gasteiger partial charge is 0.0604 e.